The zero-order chi connectivity index (χ0) is 17.5. The minimum atomic E-state index is -0.285. The summed E-state index contributed by atoms with van der Waals surface area (Å²) in [7, 11) is 3.04. The third kappa shape index (κ3) is 4.73. The summed E-state index contributed by atoms with van der Waals surface area (Å²) < 4.78 is 10.3. The predicted molar refractivity (Wildman–Crippen MR) is 93.2 cm³/mol. The van der Waals surface area contributed by atoms with E-state index in [9.17, 15) is 9.59 Å². The van der Waals surface area contributed by atoms with Crippen molar-refractivity contribution in [1.82, 2.24) is 0 Å². The molecule has 0 aromatic heterocycles. The summed E-state index contributed by atoms with van der Waals surface area (Å²) in [6.45, 7) is 0. The molecule has 1 N–H and O–H groups in total. The largest absolute Gasteiger partial charge is 0.497 e. The van der Waals surface area contributed by atoms with E-state index in [-0.39, 0.29) is 24.5 Å². The zero-order valence-corrected chi connectivity index (χ0v) is 14.2. The van der Waals surface area contributed by atoms with Crippen LogP contribution >= 0.6 is 11.6 Å². The van der Waals surface area contributed by atoms with Crippen LogP contribution in [0.5, 0.6) is 11.5 Å². The summed E-state index contributed by atoms with van der Waals surface area (Å²) in [4.78, 5) is 24.2. The van der Waals surface area contributed by atoms with Crippen LogP contribution in [0.15, 0.2) is 42.5 Å². The van der Waals surface area contributed by atoms with Gasteiger partial charge in [-0.2, -0.15) is 0 Å². The van der Waals surface area contributed by atoms with Crippen molar-refractivity contribution in [3.8, 4) is 11.5 Å². The summed E-state index contributed by atoms with van der Waals surface area (Å²) in [5, 5.41) is 3.19. The van der Waals surface area contributed by atoms with Gasteiger partial charge in [-0.1, -0.05) is 23.7 Å². The highest BCUT2D eigenvalue weighted by molar-refractivity contribution is 6.31. The fourth-order valence-corrected chi connectivity index (χ4v) is 2.33. The van der Waals surface area contributed by atoms with Gasteiger partial charge in [0.2, 0.25) is 5.91 Å². The Morgan fingerprint density at radius 3 is 2.54 bits per heavy atom. The maximum atomic E-state index is 12.2. The Balaban J connectivity index is 1.95. The lowest BCUT2D eigenvalue weighted by atomic mass is 10.1. The average molecular weight is 348 g/mol. The Bertz CT molecular complexity index is 746. The van der Waals surface area contributed by atoms with E-state index >= 15 is 0 Å². The van der Waals surface area contributed by atoms with Crippen molar-refractivity contribution in [3.05, 3.63) is 53.1 Å². The summed E-state index contributed by atoms with van der Waals surface area (Å²) in [5.41, 5.74) is 0.992. The number of benzene rings is 2. The van der Waals surface area contributed by atoms with Crippen molar-refractivity contribution in [2.45, 2.75) is 12.8 Å². The number of halogens is 1. The molecule has 0 aliphatic carbocycles. The van der Waals surface area contributed by atoms with Crippen LogP contribution in [0, 0.1) is 0 Å². The molecule has 0 bridgehead atoms. The molecule has 2 aromatic carbocycles. The standard InChI is InChI=1S/C18H18ClNO4/c1-23-14-5-3-4-12(10-14)16(21)7-9-18(22)20-15-11-13(19)6-8-17(15)24-2/h3-6,8,10-11H,7,9H2,1-2H3,(H,20,22). The molecule has 0 saturated carbocycles. The van der Waals surface area contributed by atoms with Crippen LogP contribution in [0.3, 0.4) is 0 Å². The molecule has 2 rings (SSSR count). The Kier molecular flexibility index (Phi) is 6.21. The van der Waals surface area contributed by atoms with Gasteiger partial charge in [-0.25, -0.2) is 0 Å². The molecule has 0 aliphatic rings. The predicted octanol–water partition coefficient (Wildman–Crippen LogP) is 3.96. The van der Waals surface area contributed by atoms with Gasteiger partial charge in [-0.3, -0.25) is 9.59 Å². The molecule has 0 aliphatic heterocycles. The molecule has 0 fully saturated rings. The van der Waals surface area contributed by atoms with E-state index in [0.29, 0.717) is 27.8 Å². The van der Waals surface area contributed by atoms with Crippen molar-refractivity contribution < 1.29 is 19.1 Å². The highest BCUT2D eigenvalue weighted by atomic mass is 35.5. The SMILES string of the molecule is COc1cccc(C(=O)CCC(=O)Nc2cc(Cl)ccc2OC)c1. The third-order valence-corrected chi connectivity index (χ3v) is 3.64. The second-order valence-corrected chi connectivity index (χ2v) is 5.48. The summed E-state index contributed by atoms with van der Waals surface area (Å²) in [5.74, 6) is 0.703. The van der Waals surface area contributed by atoms with Gasteiger partial charge in [0.25, 0.3) is 0 Å². The first-order valence-electron chi connectivity index (χ1n) is 7.34. The normalized spacial score (nSPS) is 10.1. The van der Waals surface area contributed by atoms with Crippen LogP contribution in [0.1, 0.15) is 23.2 Å². The number of hydrogen-bond donors (Lipinski definition) is 1. The number of hydrogen-bond acceptors (Lipinski definition) is 4. The second-order valence-electron chi connectivity index (χ2n) is 5.05. The van der Waals surface area contributed by atoms with E-state index < -0.39 is 0 Å². The van der Waals surface area contributed by atoms with E-state index in [1.807, 2.05) is 0 Å². The van der Waals surface area contributed by atoms with Crippen molar-refractivity contribution >= 4 is 29.0 Å². The summed E-state index contributed by atoms with van der Waals surface area (Å²) >= 11 is 5.92. The summed E-state index contributed by atoms with van der Waals surface area (Å²) in [6, 6.07) is 11.8. The number of amides is 1. The number of anilines is 1. The number of carbonyl (C=O) groups excluding carboxylic acids is 2. The lowest BCUT2D eigenvalue weighted by Crippen LogP contribution is -2.14. The number of rotatable bonds is 7. The molecule has 0 atom stereocenters. The van der Waals surface area contributed by atoms with Gasteiger partial charge in [0.15, 0.2) is 5.78 Å². The second kappa shape index (κ2) is 8.36. The quantitative estimate of drug-likeness (QED) is 0.770. The van der Waals surface area contributed by atoms with E-state index in [1.54, 1.807) is 42.5 Å². The molecule has 0 spiro atoms. The Morgan fingerprint density at radius 2 is 1.83 bits per heavy atom. The Morgan fingerprint density at radius 1 is 1.04 bits per heavy atom. The van der Waals surface area contributed by atoms with Crippen molar-refractivity contribution in [1.29, 1.82) is 0 Å². The lowest BCUT2D eigenvalue weighted by Gasteiger charge is -2.10. The van der Waals surface area contributed by atoms with Crippen LogP contribution in [0.4, 0.5) is 5.69 Å². The minimum Gasteiger partial charge on any atom is -0.497 e. The van der Waals surface area contributed by atoms with Crippen LogP contribution in [0.2, 0.25) is 5.02 Å². The topological polar surface area (TPSA) is 64.6 Å². The molecule has 0 unspecified atom stereocenters. The fourth-order valence-electron chi connectivity index (χ4n) is 2.16. The van der Waals surface area contributed by atoms with Crippen molar-refractivity contribution in [2.24, 2.45) is 0 Å². The van der Waals surface area contributed by atoms with Gasteiger partial charge in [0.05, 0.1) is 19.9 Å². The maximum Gasteiger partial charge on any atom is 0.224 e. The number of methoxy groups -OCH3 is 2. The number of ketones is 1. The van der Waals surface area contributed by atoms with Gasteiger partial charge in [0.1, 0.15) is 11.5 Å². The minimum absolute atomic E-state index is 0.0612. The van der Waals surface area contributed by atoms with E-state index in [4.69, 9.17) is 21.1 Å². The summed E-state index contributed by atoms with van der Waals surface area (Å²) in [6.07, 6.45) is 0.160. The molecule has 5 nitrogen and oxygen atoms in total. The first-order chi connectivity index (χ1) is 11.5. The number of ether oxygens (including phenoxy) is 2. The molecule has 126 valence electrons. The highest BCUT2D eigenvalue weighted by Crippen LogP contribution is 2.27. The third-order valence-electron chi connectivity index (χ3n) is 3.41. The molecule has 1 amide bonds. The van der Waals surface area contributed by atoms with Crippen LogP contribution in [-0.4, -0.2) is 25.9 Å². The van der Waals surface area contributed by atoms with Gasteiger partial charge in [-0.05, 0) is 30.3 Å². The van der Waals surface area contributed by atoms with Crippen LogP contribution in [-0.2, 0) is 4.79 Å². The maximum absolute atomic E-state index is 12.2. The molecule has 0 radical (unpaired) electrons. The monoisotopic (exact) mass is 347 g/mol. The lowest BCUT2D eigenvalue weighted by molar-refractivity contribution is -0.116. The van der Waals surface area contributed by atoms with E-state index in [0.717, 1.165) is 0 Å². The molecular weight excluding hydrogens is 330 g/mol. The first kappa shape index (κ1) is 17.8. The highest BCUT2D eigenvalue weighted by Gasteiger charge is 2.12. The number of nitrogens with one attached hydrogen (secondary N) is 1. The Labute approximate surface area is 145 Å². The van der Waals surface area contributed by atoms with Crippen LogP contribution in [0.25, 0.3) is 0 Å². The van der Waals surface area contributed by atoms with Gasteiger partial charge in [-0.15, -0.1) is 0 Å². The van der Waals surface area contributed by atoms with E-state index in [2.05, 4.69) is 5.32 Å². The molecule has 0 saturated heterocycles. The Hall–Kier alpha value is -2.53. The number of carbonyl (C=O) groups is 2. The molecule has 24 heavy (non-hydrogen) atoms. The molecular formula is C18H18ClNO4. The number of Topliss-reactive ketones (excluding diaryl/α,β-unsaturated/α-hetero) is 1. The zero-order valence-electron chi connectivity index (χ0n) is 13.5. The van der Waals surface area contributed by atoms with Gasteiger partial charge < -0.3 is 14.8 Å². The van der Waals surface area contributed by atoms with Gasteiger partial charge >= 0.3 is 0 Å². The smallest absolute Gasteiger partial charge is 0.224 e. The van der Waals surface area contributed by atoms with Crippen molar-refractivity contribution in [3.63, 3.8) is 0 Å². The van der Waals surface area contributed by atoms with E-state index in [1.165, 1.54) is 14.2 Å². The van der Waals surface area contributed by atoms with Gasteiger partial charge in [0, 0.05) is 23.4 Å². The fraction of sp³-hybridized carbons (Fsp3) is 0.222. The molecule has 6 heteroatoms. The molecule has 2 aromatic rings. The van der Waals surface area contributed by atoms with Crippen molar-refractivity contribution in [2.75, 3.05) is 19.5 Å². The first-order valence-corrected chi connectivity index (χ1v) is 7.72. The average Bonchev–Trinajstić information content (AvgIpc) is 2.60. The molecule has 0 heterocycles. The van der Waals surface area contributed by atoms with Crippen LogP contribution < -0.4 is 14.8 Å².